The highest BCUT2D eigenvalue weighted by Crippen LogP contribution is 2.45. The van der Waals surface area contributed by atoms with E-state index in [1.807, 2.05) is 0 Å². The lowest BCUT2D eigenvalue weighted by atomic mass is 9.86. The molecule has 0 saturated heterocycles. The van der Waals surface area contributed by atoms with E-state index >= 15 is 0 Å². The van der Waals surface area contributed by atoms with Gasteiger partial charge in [0.15, 0.2) is 18.1 Å². The van der Waals surface area contributed by atoms with Gasteiger partial charge in [0, 0.05) is 5.57 Å². The van der Waals surface area contributed by atoms with Gasteiger partial charge in [0.25, 0.3) is 5.92 Å². The maximum absolute atomic E-state index is 13.4. The van der Waals surface area contributed by atoms with E-state index < -0.39 is 47.3 Å². The van der Waals surface area contributed by atoms with Crippen molar-refractivity contribution in [3.63, 3.8) is 0 Å². The summed E-state index contributed by atoms with van der Waals surface area (Å²) in [5, 5.41) is 9.12. The Morgan fingerprint density at radius 2 is 1.89 bits per heavy atom. The maximum atomic E-state index is 13.4. The smallest absolute Gasteiger partial charge is 0.416 e. The van der Waals surface area contributed by atoms with Gasteiger partial charge in [0.05, 0.1) is 11.5 Å². The Kier molecular flexibility index (Phi) is 3.47. The van der Waals surface area contributed by atoms with Crippen molar-refractivity contribution in [1.29, 1.82) is 0 Å². The Balaban J connectivity index is 3.37. The topological polar surface area (TPSA) is 29.5 Å². The first-order valence-electron chi connectivity index (χ1n) is 4.88. The molecule has 2 nitrogen and oxygen atoms in total. The minimum atomic E-state index is -4.89. The zero-order chi connectivity index (χ0) is 14.3. The third-order valence-corrected chi connectivity index (χ3v) is 2.65. The first-order chi connectivity index (χ1) is 7.98. The number of hydrogen-bond acceptors (Lipinski definition) is 2. The van der Waals surface area contributed by atoms with Crippen LogP contribution in [0.25, 0.3) is 0 Å². The lowest BCUT2D eigenvalue weighted by Crippen LogP contribution is -2.39. The van der Waals surface area contributed by atoms with Crippen LogP contribution >= 0.6 is 0 Å². The highest BCUT2D eigenvalue weighted by atomic mass is 19.4. The fourth-order valence-corrected chi connectivity index (χ4v) is 1.57. The van der Waals surface area contributed by atoms with Crippen molar-refractivity contribution in [3.8, 4) is 0 Å². The molecule has 1 N–H and O–H groups in total. The lowest BCUT2D eigenvalue weighted by molar-refractivity contribution is -0.116. The molecular weight excluding hydrogens is 259 g/mol. The van der Waals surface area contributed by atoms with E-state index in [-0.39, 0.29) is 0 Å². The number of ether oxygens (including phenoxy) is 1. The number of allylic oxidation sites excluding steroid dienone is 2. The number of halogens is 5. The van der Waals surface area contributed by atoms with Crippen LogP contribution in [0.15, 0.2) is 35.8 Å². The molecule has 1 rings (SSSR count). The Labute approximate surface area is 100 Å². The Hall–Kier alpha value is -1.53. The average molecular weight is 270 g/mol. The van der Waals surface area contributed by atoms with E-state index in [4.69, 9.17) is 5.11 Å². The molecule has 1 unspecified atom stereocenters. The SMILES string of the molecule is C=C(O)C1=C(C(=C)C(F)(F)F)C(C)C(F)(F)CO1. The molecule has 0 radical (unpaired) electrons. The number of hydrogen-bond donors (Lipinski definition) is 1. The van der Waals surface area contributed by atoms with Gasteiger partial charge in [-0.15, -0.1) is 0 Å². The molecule has 7 heteroatoms. The molecule has 0 amide bonds. The van der Waals surface area contributed by atoms with Crippen molar-refractivity contribution in [2.24, 2.45) is 5.92 Å². The molecule has 1 heterocycles. The monoisotopic (exact) mass is 270 g/mol. The number of rotatable bonds is 2. The summed E-state index contributed by atoms with van der Waals surface area (Å²) in [4.78, 5) is 0. The molecule has 0 aromatic heterocycles. The number of aliphatic hydroxyl groups is 1. The summed E-state index contributed by atoms with van der Waals surface area (Å²) in [5.41, 5.74) is -2.34. The van der Waals surface area contributed by atoms with Crippen molar-refractivity contribution >= 4 is 0 Å². The summed E-state index contributed by atoms with van der Waals surface area (Å²) in [5.74, 6) is -6.77. The molecule has 0 aromatic rings. The molecule has 102 valence electrons. The van der Waals surface area contributed by atoms with Crippen LogP contribution in [0, 0.1) is 5.92 Å². The van der Waals surface area contributed by atoms with Crippen LogP contribution in [0.3, 0.4) is 0 Å². The summed E-state index contributed by atoms with van der Waals surface area (Å²) in [6.45, 7) is 5.55. The van der Waals surface area contributed by atoms with Gasteiger partial charge in [-0.3, -0.25) is 0 Å². The van der Waals surface area contributed by atoms with Crippen molar-refractivity contribution in [3.05, 3.63) is 35.8 Å². The van der Waals surface area contributed by atoms with E-state index in [1.54, 1.807) is 0 Å². The summed E-state index contributed by atoms with van der Waals surface area (Å²) in [7, 11) is 0. The lowest BCUT2D eigenvalue weighted by Gasteiger charge is -2.34. The second-order valence-electron chi connectivity index (χ2n) is 3.94. The fourth-order valence-electron chi connectivity index (χ4n) is 1.57. The van der Waals surface area contributed by atoms with E-state index in [2.05, 4.69) is 17.9 Å². The van der Waals surface area contributed by atoms with E-state index in [1.165, 1.54) is 0 Å². The van der Waals surface area contributed by atoms with Crippen LogP contribution in [-0.2, 0) is 4.74 Å². The molecule has 0 spiro atoms. The van der Waals surface area contributed by atoms with Gasteiger partial charge in [-0.2, -0.15) is 13.2 Å². The molecule has 0 fully saturated rings. The normalized spacial score (nSPS) is 23.6. The molecule has 0 saturated carbocycles. The second kappa shape index (κ2) is 4.29. The average Bonchev–Trinajstić information content (AvgIpc) is 2.19. The Morgan fingerprint density at radius 3 is 2.28 bits per heavy atom. The zero-order valence-corrected chi connectivity index (χ0v) is 9.44. The summed E-state index contributed by atoms with van der Waals surface area (Å²) < 4.78 is 68.8. The van der Waals surface area contributed by atoms with Crippen LogP contribution in [-0.4, -0.2) is 23.8 Å². The molecule has 0 bridgehead atoms. The molecule has 1 aliphatic heterocycles. The van der Waals surface area contributed by atoms with Gasteiger partial charge in [-0.1, -0.05) is 20.1 Å². The van der Waals surface area contributed by atoms with Crippen LogP contribution in [0.2, 0.25) is 0 Å². The van der Waals surface area contributed by atoms with Gasteiger partial charge in [-0.05, 0) is 0 Å². The first kappa shape index (κ1) is 14.5. The number of alkyl halides is 5. The van der Waals surface area contributed by atoms with Crippen molar-refractivity contribution in [2.45, 2.75) is 19.0 Å². The summed E-state index contributed by atoms with van der Waals surface area (Å²) in [6, 6.07) is 0. The molecule has 1 aliphatic rings. The van der Waals surface area contributed by atoms with Crippen LogP contribution in [0.1, 0.15) is 6.92 Å². The Morgan fingerprint density at radius 1 is 1.39 bits per heavy atom. The minimum absolute atomic E-state index is 0.684. The van der Waals surface area contributed by atoms with Crippen LogP contribution in [0.4, 0.5) is 22.0 Å². The van der Waals surface area contributed by atoms with E-state index in [0.29, 0.717) is 0 Å². The largest absolute Gasteiger partial charge is 0.505 e. The third kappa shape index (κ3) is 2.49. The molecule has 18 heavy (non-hydrogen) atoms. The van der Waals surface area contributed by atoms with Gasteiger partial charge in [0.1, 0.15) is 0 Å². The fraction of sp³-hybridized carbons (Fsp3) is 0.455. The quantitative estimate of drug-likeness (QED) is 0.612. The molecule has 1 atom stereocenters. The number of aliphatic hydroxyl groups excluding tert-OH is 1. The van der Waals surface area contributed by atoms with Crippen molar-refractivity contribution < 1.29 is 31.8 Å². The molecular formula is C11H11F5O2. The van der Waals surface area contributed by atoms with E-state index in [9.17, 15) is 22.0 Å². The van der Waals surface area contributed by atoms with Gasteiger partial charge < -0.3 is 9.84 Å². The third-order valence-electron chi connectivity index (χ3n) is 2.65. The van der Waals surface area contributed by atoms with Crippen LogP contribution < -0.4 is 0 Å². The molecule has 0 aromatic carbocycles. The standard InChI is InChI=1S/C11H11F5O2/c1-5-8(6(2)11(14,15)16)9(7(3)17)18-4-10(5,12)13/h5,17H,2-4H2,1H3. The van der Waals surface area contributed by atoms with Gasteiger partial charge >= 0.3 is 6.18 Å². The second-order valence-corrected chi connectivity index (χ2v) is 3.94. The molecule has 0 aliphatic carbocycles. The van der Waals surface area contributed by atoms with Crippen molar-refractivity contribution in [1.82, 2.24) is 0 Å². The predicted molar refractivity (Wildman–Crippen MR) is 54.1 cm³/mol. The predicted octanol–water partition coefficient (Wildman–Crippen LogP) is 3.73. The Bertz CT molecular complexity index is 420. The van der Waals surface area contributed by atoms with Gasteiger partial charge in [-0.25, -0.2) is 8.78 Å². The van der Waals surface area contributed by atoms with Gasteiger partial charge in [0.2, 0.25) is 0 Å². The zero-order valence-electron chi connectivity index (χ0n) is 9.44. The summed E-state index contributed by atoms with van der Waals surface area (Å²) in [6.07, 6.45) is -4.89. The minimum Gasteiger partial charge on any atom is -0.505 e. The first-order valence-corrected chi connectivity index (χ1v) is 4.88. The highest BCUT2D eigenvalue weighted by Gasteiger charge is 2.50. The summed E-state index contributed by atoms with van der Waals surface area (Å²) >= 11 is 0. The van der Waals surface area contributed by atoms with Crippen molar-refractivity contribution in [2.75, 3.05) is 6.61 Å². The van der Waals surface area contributed by atoms with E-state index in [0.717, 1.165) is 6.92 Å². The maximum Gasteiger partial charge on any atom is 0.416 e. The van der Waals surface area contributed by atoms with Crippen LogP contribution in [0.5, 0.6) is 0 Å². The highest BCUT2D eigenvalue weighted by molar-refractivity contribution is 5.43.